The Morgan fingerprint density at radius 2 is 2.19 bits per heavy atom. The number of benzene rings is 1. The van der Waals surface area contributed by atoms with Crippen LogP contribution in [0.15, 0.2) is 18.2 Å². The fourth-order valence-electron chi connectivity index (χ4n) is 2.36. The smallest absolute Gasteiger partial charge is 0.260 e. The largest absolute Gasteiger partial charge is 0.483 e. The highest BCUT2D eigenvalue weighted by Gasteiger charge is 2.32. The Morgan fingerprint density at radius 1 is 1.48 bits per heavy atom. The maximum absolute atomic E-state index is 12.1. The van der Waals surface area contributed by atoms with Gasteiger partial charge in [-0.3, -0.25) is 4.79 Å². The predicted octanol–water partition coefficient (Wildman–Crippen LogP) is 0.602. The molecule has 1 fully saturated rings. The van der Waals surface area contributed by atoms with Crippen LogP contribution in [0.3, 0.4) is 0 Å². The van der Waals surface area contributed by atoms with E-state index in [2.05, 4.69) is 0 Å². The van der Waals surface area contributed by atoms with Gasteiger partial charge in [0.05, 0.1) is 11.5 Å². The first-order chi connectivity index (χ1) is 9.78. The summed E-state index contributed by atoms with van der Waals surface area (Å²) in [5, 5.41) is 0. The lowest BCUT2D eigenvalue weighted by Gasteiger charge is -2.23. The molecular weight excluding hydrogens is 292 g/mol. The minimum atomic E-state index is -3.00. The van der Waals surface area contributed by atoms with Crippen LogP contribution in [0.5, 0.6) is 5.75 Å². The third kappa shape index (κ3) is 3.87. The number of nitrogens with zero attached hydrogens (tertiary/aromatic N) is 1. The van der Waals surface area contributed by atoms with E-state index in [0.29, 0.717) is 17.9 Å². The molecule has 1 aliphatic heterocycles. The van der Waals surface area contributed by atoms with Crippen LogP contribution in [0.1, 0.15) is 12.0 Å². The van der Waals surface area contributed by atoms with Gasteiger partial charge in [0.25, 0.3) is 5.91 Å². The first kappa shape index (κ1) is 15.6. The van der Waals surface area contributed by atoms with E-state index in [-0.39, 0.29) is 30.1 Å². The minimum Gasteiger partial charge on any atom is -0.483 e. The van der Waals surface area contributed by atoms with Crippen LogP contribution in [-0.2, 0) is 14.6 Å². The van der Waals surface area contributed by atoms with Crippen LogP contribution >= 0.6 is 0 Å². The molecule has 0 aliphatic carbocycles. The van der Waals surface area contributed by atoms with Gasteiger partial charge >= 0.3 is 0 Å². The quantitative estimate of drug-likeness (QED) is 0.822. The lowest BCUT2D eigenvalue weighted by Crippen LogP contribution is -2.40. The predicted molar refractivity (Wildman–Crippen MR) is 80.9 cm³/mol. The fraction of sp³-hybridized carbons (Fsp3) is 0.500. The molecule has 1 unspecified atom stereocenters. The van der Waals surface area contributed by atoms with Crippen LogP contribution in [0.4, 0.5) is 5.69 Å². The van der Waals surface area contributed by atoms with E-state index < -0.39 is 9.84 Å². The van der Waals surface area contributed by atoms with Crippen LogP contribution in [0, 0.1) is 6.92 Å². The molecule has 116 valence electrons. The summed E-state index contributed by atoms with van der Waals surface area (Å²) in [5.74, 6) is 0.557. The standard InChI is InChI=1S/C14H20N2O4S/c1-10-7-11(15)3-4-13(10)20-8-14(17)16(2)12-5-6-21(18,19)9-12/h3-4,7,12H,5-6,8-9,15H2,1-2H3. The Kier molecular flexibility index (Phi) is 4.41. The van der Waals surface area contributed by atoms with Crippen molar-refractivity contribution in [1.82, 2.24) is 4.90 Å². The number of sulfone groups is 1. The number of carbonyl (C=O) groups is 1. The number of anilines is 1. The molecule has 0 saturated carbocycles. The Balaban J connectivity index is 1.92. The summed E-state index contributed by atoms with van der Waals surface area (Å²) in [6, 6.07) is 4.95. The van der Waals surface area contributed by atoms with Crippen molar-refractivity contribution in [2.24, 2.45) is 0 Å². The van der Waals surface area contributed by atoms with Crippen molar-refractivity contribution in [3.8, 4) is 5.75 Å². The number of nitrogens with two attached hydrogens (primary N) is 1. The van der Waals surface area contributed by atoms with Gasteiger partial charge in [0, 0.05) is 18.8 Å². The van der Waals surface area contributed by atoms with Gasteiger partial charge in [0.1, 0.15) is 5.75 Å². The Hall–Kier alpha value is -1.76. The zero-order valence-corrected chi connectivity index (χ0v) is 13.0. The third-order valence-corrected chi connectivity index (χ3v) is 5.45. The Bertz CT molecular complexity index is 642. The molecule has 1 heterocycles. The molecule has 0 spiro atoms. The summed E-state index contributed by atoms with van der Waals surface area (Å²) in [7, 11) is -1.38. The van der Waals surface area contributed by atoms with Gasteiger partial charge in [0.15, 0.2) is 16.4 Å². The highest BCUT2D eigenvalue weighted by atomic mass is 32.2. The van der Waals surface area contributed by atoms with Crippen molar-refractivity contribution < 1.29 is 17.9 Å². The summed E-state index contributed by atoms with van der Waals surface area (Å²) in [5.41, 5.74) is 7.15. The van der Waals surface area contributed by atoms with E-state index in [4.69, 9.17) is 10.5 Å². The van der Waals surface area contributed by atoms with Gasteiger partial charge in [0.2, 0.25) is 0 Å². The van der Waals surface area contributed by atoms with Gasteiger partial charge < -0.3 is 15.4 Å². The number of carbonyl (C=O) groups excluding carboxylic acids is 1. The molecule has 0 radical (unpaired) electrons. The van der Waals surface area contributed by atoms with Gasteiger partial charge in [-0.05, 0) is 37.1 Å². The summed E-state index contributed by atoms with van der Waals surface area (Å²) >= 11 is 0. The van der Waals surface area contributed by atoms with Crippen molar-refractivity contribution in [2.45, 2.75) is 19.4 Å². The molecule has 2 N–H and O–H groups in total. The second-order valence-electron chi connectivity index (χ2n) is 5.38. The lowest BCUT2D eigenvalue weighted by molar-refractivity contribution is -0.133. The van der Waals surface area contributed by atoms with Gasteiger partial charge in [-0.2, -0.15) is 0 Å². The second-order valence-corrected chi connectivity index (χ2v) is 7.60. The SMILES string of the molecule is Cc1cc(N)ccc1OCC(=O)N(C)C1CCS(=O)(=O)C1. The average Bonchev–Trinajstić information content (AvgIpc) is 2.77. The van der Waals surface area contributed by atoms with Crippen molar-refractivity contribution >= 4 is 21.4 Å². The summed E-state index contributed by atoms with van der Waals surface area (Å²) < 4.78 is 28.4. The van der Waals surface area contributed by atoms with Crippen molar-refractivity contribution in [1.29, 1.82) is 0 Å². The van der Waals surface area contributed by atoms with Crippen molar-refractivity contribution in [3.63, 3.8) is 0 Å². The fourth-order valence-corrected chi connectivity index (χ4v) is 4.13. The van der Waals surface area contributed by atoms with Crippen LogP contribution < -0.4 is 10.5 Å². The number of ether oxygens (including phenoxy) is 1. The zero-order valence-electron chi connectivity index (χ0n) is 12.2. The van der Waals surface area contributed by atoms with E-state index in [1.54, 1.807) is 25.2 Å². The van der Waals surface area contributed by atoms with E-state index in [1.807, 2.05) is 6.92 Å². The molecule has 21 heavy (non-hydrogen) atoms. The second kappa shape index (κ2) is 5.93. The number of hydrogen-bond donors (Lipinski definition) is 1. The number of likely N-dealkylation sites (N-methyl/N-ethyl adjacent to an activating group) is 1. The van der Waals surface area contributed by atoms with E-state index in [1.165, 1.54) is 4.90 Å². The molecular formula is C14H20N2O4S. The normalized spacial score (nSPS) is 20.2. The average molecular weight is 312 g/mol. The highest BCUT2D eigenvalue weighted by Crippen LogP contribution is 2.21. The zero-order chi connectivity index (χ0) is 15.6. The molecule has 0 aromatic heterocycles. The molecule has 0 bridgehead atoms. The molecule has 1 amide bonds. The molecule has 1 aromatic rings. The maximum Gasteiger partial charge on any atom is 0.260 e. The number of rotatable bonds is 4. The Labute approximate surface area is 124 Å². The van der Waals surface area contributed by atoms with Crippen LogP contribution in [0.2, 0.25) is 0 Å². The molecule has 1 aromatic carbocycles. The summed E-state index contributed by atoms with van der Waals surface area (Å²) in [4.78, 5) is 13.5. The van der Waals surface area contributed by atoms with Gasteiger partial charge in [-0.25, -0.2) is 8.42 Å². The van der Waals surface area contributed by atoms with E-state index in [9.17, 15) is 13.2 Å². The van der Waals surface area contributed by atoms with Gasteiger partial charge in [-0.1, -0.05) is 0 Å². The first-order valence-electron chi connectivity index (χ1n) is 6.73. The highest BCUT2D eigenvalue weighted by molar-refractivity contribution is 7.91. The third-order valence-electron chi connectivity index (χ3n) is 3.70. The molecule has 2 rings (SSSR count). The van der Waals surface area contributed by atoms with Crippen LogP contribution in [0.25, 0.3) is 0 Å². The number of aryl methyl sites for hydroxylation is 1. The number of nitrogen functional groups attached to an aromatic ring is 1. The molecule has 1 aliphatic rings. The van der Waals surface area contributed by atoms with Crippen molar-refractivity contribution in [3.05, 3.63) is 23.8 Å². The first-order valence-corrected chi connectivity index (χ1v) is 8.55. The Morgan fingerprint density at radius 3 is 2.76 bits per heavy atom. The number of hydrogen-bond acceptors (Lipinski definition) is 5. The minimum absolute atomic E-state index is 0.0378. The molecule has 7 heteroatoms. The number of amides is 1. The maximum atomic E-state index is 12.1. The summed E-state index contributed by atoms with van der Waals surface area (Å²) in [6.07, 6.45) is 0.492. The van der Waals surface area contributed by atoms with Crippen molar-refractivity contribution in [2.75, 3.05) is 30.9 Å². The lowest BCUT2D eigenvalue weighted by atomic mass is 10.2. The van der Waals surface area contributed by atoms with E-state index >= 15 is 0 Å². The topological polar surface area (TPSA) is 89.7 Å². The molecule has 1 saturated heterocycles. The summed E-state index contributed by atoms with van der Waals surface area (Å²) in [6.45, 7) is 1.74. The van der Waals surface area contributed by atoms with Gasteiger partial charge in [-0.15, -0.1) is 0 Å². The van der Waals surface area contributed by atoms with Crippen LogP contribution in [-0.4, -0.2) is 50.4 Å². The monoisotopic (exact) mass is 312 g/mol. The molecule has 1 atom stereocenters. The molecule has 6 nitrogen and oxygen atoms in total. The van der Waals surface area contributed by atoms with E-state index in [0.717, 1.165) is 5.56 Å².